The molecule has 21 heavy (non-hydrogen) atoms. The van der Waals surface area contributed by atoms with Crippen molar-refractivity contribution in [1.82, 2.24) is 15.2 Å². The molecule has 1 saturated heterocycles. The summed E-state index contributed by atoms with van der Waals surface area (Å²) < 4.78 is 5.28. The summed E-state index contributed by atoms with van der Waals surface area (Å²) in [5.74, 6) is 0.340. The van der Waals surface area contributed by atoms with Gasteiger partial charge in [-0.3, -0.25) is 9.59 Å². The lowest BCUT2D eigenvalue weighted by atomic mass is 10.1. The van der Waals surface area contributed by atoms with E-state index in [9.17, 15) is 9.59 Å². The van der Waals surface area contributed by atoms with Crippen LogP contribution in [0.4, 0.5) is 0 Å². The molecule has 1 unspecified atom stereocenters. The van der Waals surface area contributed by atoms with E-state index in [1.165, 1.54) is 11.3 Å². The first kappa shape index (κ1) is 13.8. The number of aromatic nitrogens is 1. The van der Waals surface area contributed by atoms with E-state index in [4.69, 9.17) is 4.42 Å². The standard InChI is InChI=1S/C14H15N3O3S/c1-2-10-12(18)15-5-6-17(10)14(19)9-8-21-13(16-9)11-4-3-7-20-11/h3-4,7-8,10H,2,5-6H2,1H3,(H,15,18). The summed E-state index contributed by atoms with van der Waals surface area (Å²) in [6, 6.07) is 3.16. The third-order valence-corrected chi connectivity index (χ3v) is 4.29. The summed E-state index contributed by atoms with van der Waals surface area (Å²) in [6.45, 7) is 2.89. The van der Waals surface area contributed by atoms with Gasteiger partial charge in [0, 0.05) is 18.5 Å². The maximum absolute atomic E-state index is 12.6. The van der Waals surface area contributed by atoms with Crippen molar-refractivity contribution in [2.45, 2.75) is 19.4 Å². The molecular weight excluding hydrogens is 290 g/mol. The van der Waals surface area contributed by atoms with Crippen LogP contribution in [0.2, 0.25) is 0 Å². The molecule has 0 aromatic carbocycles. The van der Waals surface area contributed by atoms with E-state index < -0.39 is 6.04 Å². The Hall–Kier alpha value is -2.15. The van der Waals surface area contributed by atoms with Crippen molar-refractivity contribution >= 4 is 23.2 Å². The van der Waals surface area contributed by atoms with Gasteiger partial charge in [-0.2, -0.15) is 0 Å². The average molecular weight is 305 g/mol. The highest BCUT2D eigenvalue weighted by Gasteiger charge is 2.33. The number of hydrogen-bond acceptors (Lipinski definition) is 5. The second-order valence-electron chi connectivity index (χ2n) is 4.73. The van der Waals surface area contributed by atoms with Crippen LogP contribution in [0.25, 0.3) is 10.8 Å². The Labute approximate surface area is 125 Å². The Bertz CT molecular complexity index is 650. The first-order valence-corrected chi connectivity index (χ1v) is 7.66. The molecule has 1 atom stereocenters. The van der Waals surface area contributed by atoms with Crippen molar-refractivity contribution in [2.75, 3.05) is 13.1 Å². The third-order valence-electron chi connectivity index (χ3n) is 3.43. The van der Waals surface area contributed by atoms with Crippen molar-refractivity contribution in [1.29, 1.82) is 0 Å². The van der Waals surface area contributed by atoms with E-state index in [2.05, 4.69) is 10.3 Å². The zero-order chi connectivity index (χ0) is 14.8. The molecule has 0 saturated carbocycles. The second kappa shape index (κ2) is 5.69. The molecule has 2 aromatic heterocycles. The van der Waals surface area contributed by atoms with Crippen LogP contribution in [0, 0.1) is 0 Å². The quantitative estimate of drug-likeness (QED) is 0.937. The van der Waals surface area contributed by atoms with Gasteiger partial charge in [-0.1, -0.05) is 6.92 Å². The van der Waals surface area contributed by atoms with Gasteiger partial charge in [0.15, 0.2) is 10.8 Å². The highest BCUT2D eigenvalue weighted by molar-refractivity contribution is 7.13. The minimum absolute atomic E-state index is 0.0985. The fourth-order valence-corrected chi connectivity index (χ4v) is 3.16. The molecule has 3 heterocycles. The third kappa shape index (κ3) is 2.56. The second-order valence-corrected chi connectivity index (χ2v) is 5.59. The van der Waals surface area contributed by atoms with E-state index in [1.807, 2.05) is 6.92 Å². The lowest BCUT2D eigenvalue weighted by Crippen LogP contribution is -2.56. The van der Waals surface area contributed by atoms with Crippen molar-refractivity contribution in [3.05, 3.63) is 29.5 Å². The summed E-state index contributed by atoms with van der Waals surface area (Å²) >= 11 is 1.36. The minimum atomic E-state index is -0.417. The molecule has 0 radical (unpaired) electrons. The first-order chi connectivity index (χ1) is 10.2. The summed E-state index contributed by atoms with van der Waals surface area (Å²) in [5.41, 5.74) is 0.361. The van der Waals surface area contributed by atoms with Crippen molar-refractivity contribution < 1.29 is 14.0 Å². The van der Waals surface area contributed by atoms with E-state index >= 15 is 0 Å². The van der Waals surface area contributed by atoms with Crippen LogP contribution < -0.4 is 5.32 Å². The zero-order valence-corrected chi connectivity index (χ0v) is 12.4. The molecule has 6 nitrogen and oxygen atoms in total. The number of rotatable bonds is 3. The topological polar surface area (TPSA) is 75.4 Å². The number of carbonyl (C=O) groups is 2. The monoisotopic (exact) mass is 305 g/mol. The number of thiazole rings is 1. The molecule has 110 valence electrons. The fraction of sp³-hybridized carbons (Fsp3) is 0.357. The smallest absolute Gasteiger partial charge is 0.274 e. The van der Waals surface area contributed by atoms with Crippen molar-refractivity contribution in [3.8, 4) is 10.8 Å². The van der Waals surface area contributed by atoms with Gasteiger partial charge in [-0.25, -0.2) is 4.98 Å². The van der Waals surface area contributed by atoms with Crippen LogP contribution >= 0.6 is 11.3 Å². The molecule has 0 spiro atoms. The van der Waals surface area contributed by atoms with E-state index in [0.717, 1.165) is 0 Å². The van der Waals surface area contributed by atoms with E-state index in [-0.39, 0.29) is 11.8 Å². The molecule has 7 heteroatoms. The minimum Gasteiger partial charge on any atom is -0.462 e. The predicted octanol–water partition coefficient (Wildman–Crippen LogP) is 1.75. The molecule has 2 aromatic rings. The highest BCUT2D eigenvalue weighted by atomic mass is 32.1. The molecular formula is C14H15N3O3S. The molecule has 0 aliphatic carbocycles. The van der Waals surface area contributed by atoms with Crippen LogP contribution in [0.1, 0.15) is 23.8 Å². The Morgan fingerprint density at radius 2 is 2.48 bits per heavy atom. The zero-order valence-electron chi connectivity index (χ0n) is 11.5. The average Bonchev–Trinajstić information content (AvgIpc) is 3.16. The van der Waals surface area contributed by atoms with Gasteiger partial charge in [-0.05, 0) is 18.6 Å². The van der Waals surface area contributed by atoms with E-state index in [1.54, 1.807) is 28.7 Å². The summed E-state index contributed by atoms with van der Waals surface area (Å²) in [4.78, 5) is 30.3. The number of furan rings is 1. The number of hydrogen-bond donors (Lipinski definition) is 1. The number of nitrogens with zero attached hydrogens (tertiary/aromatic N) is 2. The molecule has 2 amide bonds. The normalized spacial score (nSPS) is 18.6. The van der Waals surface area contributed by atoms with Crippen LogP contribution in [0.3, 0.4) is 0 Å². The van der Waals surface area contributed by atoms with Crippen LogP contribution in [0.5, 0.6) is 0 Å². The van der Waals surface area contributed by atoms with Gasteiger partial charge in [0.1, 0.15) is 11.7 Å². The maximum Gasteiger partial charge on any atom is 0.274 e. The maximum atomic E-state index is 12.6. The van der Waals surface area contributed by atoms with Gasteiger partial charge in [0.25, 0.3) is 5.91 Å². The lowest BCUT2D eigenvalue weighted by molar-refractivity contribution is -0.127. The molecule has 1 N–H and O–H groups in total. The van der Waals surface area contributed by atoms with Gasteiger partial charge < -0.3 is 14.6 Å². The van der Waals surface area contributed by atoms with Crippen molar-refractivity contribution in [2.24, 2.45) is 0 Å². The van der Waals surface area contributed by atoms with Crippen LogP contribution in [-0.2, 0) is 4.79 Å². The fourth-order valence-electron chi connectivity index (χ4n) is 2.40. The molecule has 3 rings (SSSR count). The molecule has 1 aliphatic heterocycles. The van der Waals surface area contributed by atoms with Gasteiger partial charge in [0.05, 0.1) is 6.26 Å². The number of nitrogens with one attached hydrogen (secondary N) is 1. The first-order valence-electron chi connectivity index (χ1n) is 6.78. The molecule has 1 fully saturated rings. The Balaban J connectivity index is 1.83. The SMILES string of the molecule is CCC1C(=O)NCCN1C(=O)c1csc(-c2ccco2)n1. The van der Waals surface area contributed by atoms with E-state index in [0.29, 0.717) is 36.0 Å². The van der Waals surface area contributed by atoms with Crippen LogP contribution in [0.15, 0.2) is 28.2 Å². The van der Waals surface area contributed by atoms with Crippen LogP contribution in [-0.4, -0.2) is 40.8 Å². The van der Waals surface area contributed by atoms with Gasteiger partial charge >= 0.3 is 0 Å². The predicted molar refractivity (Wildman–Crippen MR) is 77.9 cm³/mol. The van der Waals surface area contributed by atoms with Crippen molar-refractivity contribution in [3.63, 3.8) is 0 Å². The molecule has 0 bridgehead atoms. The Kier molecular flexibility index (Phi) is 3.74. The number of amides is 2. The number of carbonyl (C=O) groups excluding carboxylic acids is 2. The summed E-state index contributed by atoms with van der Waals surface area (Å²) in [5, 5.41) is 5.15. The van der Waals surface area contributed by atoms with Gasteiger partial charge in [0.2, 0.25) is 5.91 Å². The summed E-state index contributed by atoms with van der Waals surface area (Å²) in [7, 11) is 0. The largest absolute Gasteiger partial charge is 0.462 e. The van der Waals surface area contributed by atoms with Gasteiger partial charge in [-0.15, -0.1) is 11.3 Å². The highest BCUT2D eigenvalue weighted by Crippen LogP contribution is 2.25. The molecule has 1 aliphatic rings. The Morgan fingerprint density at radius 3 is 3.19 bits per heavy atom. The lowest BCUT2D eigenvalue weighted by Gasteiger charge is -2.34. The number of piperazine rings is 1. The summed E-state index contributed by atoms with van der Waals surface area (Å²) in [6.07, 6.45) is 2.16. The Morgan fingerprint density at radius 1 is 1.62 bits per heavy atom.